The van der Waals surface area contributed by atoms with E-state index in [2.05, 4.69) is 10.3 Å². The van der Waals surface area contributed by atoms with E-state index in [0.29, 0.717) is 22.0 Å². The third-order valence-corrected chi connectivity index (χ3v) is 3.75. The van der Waals surface area contributed by atoms with Crippen LogP contribution in [0.3, 0.4) is 0 Å². The lowest BCUT2D eigenvalue weighted by molar-refractivity contribution is 0.102. The Morgan fingerprint density at radius 1 is 1.41 bits per heavy atom. The maximum atomic E-state index is 12.0. The minimum absolute atomic E-state index is 0.142. The van der Waals surface area contributed by atoms with Crippen LogP contribution in [0.15, 0.2) is 23.0 Å². The number of carbonyl (C=O) groups is 1. The van der Waals surface area contributed by atoms with Crippen molar-refractivity contribution in [1.82, 2.24) is 4.98 Å². The van der Waals surface area contributed by atoms with E-state index in [1.807, 2.05) is 17.7 Å². The number of pyridine rings is 1. The Balaban J connectivity index is 2.25. The highest BCUT2D eigenvalue weighted by molar-refractivity contribution is 7.08. The standard InChI is InChI=1S/C12H11ClN2OS/c1-7-5-17-6-9(7)12(16)15-10-3-4-14-8(2)11(10)13/h3-6H,1-2H3,(H,14,15,16). The fraction of sp³-hybridized carbons (Fsp3) is 0.167. The van der Waals surface area contributed by atoms with Crippen molar-refractivity contribution in [2.24, 2.45) is 0 Å². The molecule has 0 aliphatic heterocycles. The third kappa shape index (κ3) is 2.48. The second kappa shape index (κ2) is 4.85. The molecular formula is C12H11ClN2OS. The van der Waals surface area contributed by atoms with Crippen molar-refractivity contribution in [3.8, 4) is 0 Å². The second-order valence-electron chi connectivity index (χ2n) is 3.68. The van der Waals surface area contributed by atoms with E-state index in [0.717, 1.165) is 5.56 Å². The van der Waals surface area contributed by atoms with Crippen LogP contribution < -0.4 is 5.32 Å². The van der Waals surface area contributed by atoms with Crippen LogP contribution in [0.25, 0.3) is 0 Å². The average Bonchev–Trinajstić information content (AvgIpc) is 2.71. The molecule has 5 heteroatoms. The number of hydrogen-bond donors (Lipinski definition) is 1. The topological polar surface area (TPSA) is 42.0 Å². The predicted octanol–water partition coefficient (Wildman–Crippen LogP) is 3.67. The first-order valence-corrected chi connectivity index (χ1v) is 6.37. The van der Waals surface area contributed by atoms with E-state index in [1.165, 1.54) is 11.3 Å². The normalized spacial score (nSPS) is 10.3. The molecule has 0 bridgehead atoms. The van der Waals surface area contributed by atoms with Crippen LogP contribution in [0, 0.1) is 13.8 Å². The molecule has 88 valence electrons. The Bertz CT molecular complexity index is 565. The van der Waals surface area contributed by atoms with Gasteiger partial charge in [0.2, 0.25) is 0 Å². The van der Waals surface area contributed by atoms with Crippen LogP contribution in [0.4, 0.5) is 5.69 Å². The highest BCUT2D eigenvalue weighted by Crippen LogP contribution is 2.24. The largest absolute Gasteiger partial charge is 0.320 e. The number of aromatic nitrogens is 1. The lowest BCUT2D eigenvalue weighted by atomic mass is 10.2. The van der Waals surface area contributed by atoms with Gasteiger partial charge in [-0.2, -0.15) is 11.3 Å². The van der Waals surface area contributed by atoms with Crippen molar-refractivity contribution in [2.75, 3.05) is 5.32 Å². The Morgan fingerprint density at radius 3 is 2.82 bits per heavy atom. The zero-order chi connectivity index (χ0) is 12.4. The first-order valence-electron chi connectivity index (χ1n) is 5.05. The van der Waals surface area contributed by atoms with Crippen molar-refractivity contribution in [1.29, 1.82) is 0 Å². The molecule has 1 amide bonds. The zero-order valence-corrected chi connectivity index (χ0v) is 11.0. The van der Waals surface area contributed by atoms with E-state index in [-0.39, 0.29) is 5.91 Å². The second-order valence-corrected chi connectivity index (χ2v) is 4.80. The Labute approximate surface area is 108 Å². The molecule has 3 nitrogen and oxygen atoms in total. The summed E-state index contributed by atoms with van der Waals surface area (Å²) in [4.78, 5) is 16.0. The van der Waals surface area contributed by atoms with Crippen molar-refractivity contribution in [3.05, 3.63) is 44.9 Å². The Morgan fingerprint density at radius 2 is 2.18 bits per heavy atom. The number of aryl methyl sites for hydroxylation is 2. The first kappa shape index (κ1) is 12.1. The lowest BCUT2D eigenvalue weighted by Crippen LogP contribution is -2.12. The minimum Gasteiger partial charge on any atom is -0.320 e. The van der Waals surface area contributed by atoms with Gasteiger partial charge in [0.25, 0.3) is 5.91 Å². The van der Waals surface area contributed by atoms with E-state index < -0.39 is 0 Å². The summed E-state index contributed by atoms with van der Waals surface area (Å²) in [6.45, 7) is 3.71. The molecule has 2 aromatic rings. The molecule has 0 spiro atoms. The van der Waals surface area contributed by atoms with Gasteiger partial charge in [-0.15, -0.1) is 0 Å². The maximum absolute atomic E-state index is 12.0. The number of halogens is 1. The number of anilines is 1. The third-order valence-electron chi connectivity index (χ3n) is 2.41. The maximum Gasteiger partial charge on any atom is 0.256 e. The summed E-state index contributed by atoms with van der Waals surface area (Å²) in [6, 6.07) is 1.69. The van der Waals surface area contributed by atoms with Crippen LogP contribution in [-0.4, -0.2) is 10.9 Å². The first-order chi connectivity index (χ1) is 8.09. The molecule has 0 aliphatic rings. The monoisotopic (exact) mass is 266 g/mol. The molecule has 0 aromatic carbocycles. The van der Waals surface area contributed by atoms with Crippen LogP contribution >= 0.6 is 22.9 Å². The zero-order valence-electron chi connectivity index (χ0n) is 9.45. The van der Waals surface area contributed by atoms with Crippen molar-refractivity contribution in [2.45, 2.75) is 13.8 Å². The van der Waals surface area contributed by atoms with Gasteiger partial charge in [-0.25, -0.2) is 0 Å². The molecule has 2 heterocycles. The van der Waals surface area contributed by atoms with E-state index in [4.69, 9.17) is 11.6 Å². The Kier molecular flexibility index (Phi) is 3.45. The summed E-state index contributed by atoms with van der Waals surface area (Å²) in [5.41, 5.74) is 2.94. The highest BCUT2D eigenvalue weighted by atomic mass is 35.5. The van der Waals surface area contributed by atoms with Crippen LogP contribution in [0.1, 0.15) is 21.6 Å². The van der Waals surface area contributed by atoms with E-state index in [9.17, 15) is 4.79 Å². The van der Waals surface area contributed by atoms with Gasteiger partial charge < -0.3 is 5.32 Å². The number of carbonyl (C=O) groups excluding carboxylic acids is 1. The fourth-order valence-electron chi connectivity index (χ4n) is 1.43. The van der Waals surface area contributed by atoms with Crippen LogP contribution in [0.2, 0.25) is 5.02 Å². The number of nitrogens with zero attached hydrogens (tertiary/aromatic N) is 1. The quantitative estimate of drug-likeness (QED) is 0.901. The molecular weight excluding hydrogens is 256 g/mol. The summed E-state index contributed by atoms with van der Waals surface area (Å²) in [5.74, 6) is -0.142. The summed E-state index contributed by atoms with van der Waals surface area (Å²) < 4.78 is 0. The molecule has 0 atom stereocenters. The SMILES string of the molecule is Cc1cscc1C(=O)Nc1ccnc(C)c1Cl. The summed E-state index contributed by atoms with van der Waals surface area (Å²) in [5, 5.41) is 7.04. The number of rotatable bonds is 2. The molecule has 0 unspecified atom stereocenters. The molecule has 1 N–H and O–H groups in total. The molecule has 17 heavy (non-hydrogen) atoms. The molecule has 0 radical (unpaired) electrons. The molecule has 0 saturated heterocycles. The predicted molar refractivity (Wildman–Crippen MR) is 71.0 cm³/mol. The highest BCUT2D eigenvalue weighted by Gasteiger charge is 2.12. The van der Waals surface area contributed by atoms with Gasteiger partial charge in [0.15, 0.2) is 0 Å². The van der Waals surface area contributed by atoms with Crippen molar-refractivity contribution in [3.63, 3.8) is 0 Å². The minimum atomic E-state index is -0.142. The number of amides is 1. The molecule has 0 saturated carbocycles. The van der Waals surface area contributed by atoms with Gasteiger partial charge in [-0.3, -0.25) is 9.78 Å². The number of hydrogen-bond acceptors (Lipinski definition) is 3. The molecule has 2 aromatic heterocycles. The van der Waals surface area contributed by atoms with Crippen molar-refractivity contribution < 1.29 is 4.79 Å². The van der Waals surface area contributed by atoms with E-state index >= 15 is 0 Å². The number of nitrogens with one attached hydrogen (secondary N) is 1. The van der Waals surface area contributed by atoms with Crippen LogP contribution in [-0.2, 0) is 0 Å². The summed E-state index contributed by atoms with van der Waals surface area (Å²) >= 11 is 7.57. The molecule has 0 aliphatic carbocycles. The van der Waals surface area contributed by atoms with Gasteiger partial charge >= 0.3 is 0 Å². The van der Waals surface area contributed by atoms with Crippen molar-refractivity contribution >= 4 is 34.5 Å². The van der Waals surface area contributed by atoms with Gasteiger partial charge in [0.1, 0.15) is 0 Å². The van der Waals surface area contributed by atoms with Gasteiger partial charge in [0, 0.05) is 11.6 Å². The molecule has 2 rings (SSSR count). The van der Waals surface area contributed by atoms with Crippen LogP contribution in [0.5, 0.6) is 0 Å². The van der Waals surface area contributed by atoms with Gasteiger partial charge in [-0.05, 0) is 30.9 Å². The smallest absolute Gasteiger partial charge is 0.256 e. The molecule has 0 fully saturated rings. The van der Waals surface area contributed by atoms with Gasteiger partial charge in [0.05, 0.1) is 22.0 Å². The Hall–Kier alpha value is -1.39. The average molecular weight is 267 g/mol. The number of thiophene rings is 1. The van der Waals surface area contributed by atoms with E-state index in [1.54, 1.807) is 19.2 Å². The van der Waals surface area contributed by atoms with Gasteiger partial charge in [-0.1, -0.05) is 11.6 Å². The lowest BCUT2D eigenvalue weighted by Gasteiger charge is -2.07. The summed E-state index contributed by atoms with van der Waals surface area (Å²) in [6.07, 6.45) is 1.62. The summed E-state index contributed by atoms with van der Waals surface area (Å²) in [7, 11) is 0. The fourth-order valence-corrected chi connectivity index (χ4v) is 2.41.